The summed E-state index contributed by atoms with van der Waals surface area (Å²) >= 11 is 0. The number of hydrogen-bond acceptors (Lipinski definition) is 7. The lowest BCUT2D eigenvalue weighted by Gasteiger charge is -2.26. The first-order valence-corrected chi connectivity index (χ1v) is 9.64. The predicted molar refractivity (Wildman–Crippen MR) is 111 cm³/mol. The third-order valence-electron chi connectivity index (χ3n) is 5.03. The highest BCUT2D eigenvalue weighted by Crippen LogP contribution is 2.28. The normalized spacial score (nSPS) is 15.0. The molecule has 0 radical (unpaired) electrons. The van der Waals surface area contributed by atoms with Crippen LogP contribution in [0, 0.1) is 0 Å². The van der Waals surface area contributed by atoms with Crippen molar-refractivity contribution in [1.29, 1.82) is 0 Å². The summed E-state index contributed by atoms with van der Waals surface area (Å²) in [5.74, 6) is 0.673. The Kier molecular flexibility index (Phi) is 4.67. The van der Waals surface area contributed by atoms with Crippen LogP contribution < -0.4 is 5.73 Å². The molecule has 4 aromatic rings. The Morgan fingerprint density at radius 3 is 2.72 bits per heavy atom. The Hall–Kier alpha value is -3.29. The first kappa shape index (κ1) is 17.8. The molecule has 146 valence electrons. The molecule has 1 aliphatic heterocycles. The molecule has 0 saturated carbocycles. The number of aromatic nitrogens is 3. The van der Waals surface area contributed by atoms with Gasteiger partial charge in [0, 0.05) is 25.2 Å². The molecule has 0 spiro atoms. The predicted octanol–water partition coefficient (Wildman–Crippen LogP) is 3.37. The van der Waals surface area contributed by atoms with Crippen LogP contribution >= 0.6 is 0 Å². The number of fused-ring (bicyclic) bond motifs is 1. The highest BCUT2D eigenvalue weighted by atomic mass is 16.5. The molecule has 1 saturated heterocycles. The number of ether oxygens (including phenoxy) is 1. The number of nitrogens with zero attached hydrogens (tertiary/aromatic N) is 4. The lowest BCUT2D eigenvalue weighted by molar-refractivity contribution is 0.0342. The van der Waals surface area contributed by atoms with Crippen molar-refractivity contribution in [2.45, 2.75) is 6.54 Å². The number of morpholine rings is 1. The van der Waals surface area contributed by atoms with Crippen molar-refractivity contribution in [3.8, 4) is 22.8 Å². The fraction of sp³-hybridized carbons (Fsp3) is 0.227. The van der Waals surface area contributed by atoms with Gasteiger partial charge in [-0.05, 0) is 23.8 Å². The molecule has 3 heterocycles. The van der Waals surface area contributed by atoms with Gasteiger partial charge < -0.3 is 14.9 Å². The molecule has 2 aromatic carbocycles. The molecular weight excluding hydrogens is 366 g/mol. The second kappa shape index (κ2) is 7.62. The molecule has 29 heavy (non-hydrogen) atoms. The van der Waals surface area contributed by atoms with E-state index in [1.807, 2.05) is 36.4 Å². The molecule has 0 atom stereocenters. The van der Waals surface area contributed by atoms with E-state index in [1.165, 1.54) is 5.56 Å². The van der Waals surface area contributed by atoms with Gasteiger partial charge in [-0.1, -0.05) is 30.3 Å². The number of nitrogens with two attached hydrogens (primary N) is 1. The third-order valence-corrected chi connectivity index (χ3v) is 5.03. The number of oxazole rings is 1. The quantitative estimate of drug-likeness (QED) is 0.574. The van der Waals surface area contributed by atoms with Crippen molar-refractivity contribution in [2.24, 2.45) is 0 Å². The van der Waals surface area contributed by atoms with Crippen LogP contribution in [0.3, 0.4) is 0 Å². The highest BCUT2D eigenvalue weighted by molar-refractivity contribution is 5.78. The number of rotatable bonds is 4. The summed E-state index contributed by atoms with van der Waals surface area (Å²) in [6.45, 7) is 4.37. The molecule has 2 N–H and O–H groups in total. The first-order valence-electron chi connectivity index (χ1n) is 9.64. The van der Waals surface area contributed by atoms with Crippen LogP contribution in [0.15, 0.2) is 59.1 Å². The second-order valence-corrected chi connectivity index (χ2v) is 7.06. The van der Waals surface area contributed by atoms with Crippen LogP contribution in [0.4, 0.5) is 5.82 Å². The zero-order chi connectivity index (χ0) is 19.6. The van der Waals surface area contributed by atoms with Crippen LogP contribution in [0.25, 0.3) is 33.9 Å². The minimum atomic E-state index is 0.296. The Bertz CT molecular complexity index is 1120. The van der Waals surface area contributed by atoms with Gasteiger partial charge in [-0.3, -0.25) is 4.90 Å². The van der Waals surface area contributed by atoms with Gasteiger partial charge in [0.25, 0.3) is 0 Å². The van der Waals surface area contributed by atoms with Crippen molar-refractivity contribution in [3.05, 3.63) is 60.3 Å². The van der Waals surface area contributed by atoms with E-state index in [2.05, 4.69) is 27.0 Å². The smallest absolute Gasteiger partial charge is 0.250 e. The molecule has 1 aliphatic rings. The maximum atomic E-state index is 6.08. The van der Waals surface area contributed by atoms with E-state index < -0.39 is 0 Å². The van der Waals surface area contributed by atoms with Crippen molar-refractivity contribution >= 4 is 16.9 Å². The van der Waals surface area contributed by atoms with Crippen molar-refractivity contribution < 1.29 is 9.15 Å². The van der Waals surface area contributed by atoms with E-state index in [4.69, 9.17) is 19.9 Å². The van der Waals surface area contributed by atoms with Gasteiger partial charge in [-0.2, -0.15) is 0 Å². The maximum absolute atomic E-state index is 6.08. The van der Waals surface area contributed by atoms with Gasteiger partial charge in [-0.25, -0.2) is 15.0 Å². The van der Waals surface area contributed by atoms with Gasteiger partial charge in [0.1, 0.15) is 5.52 Å². The van der Waals surface area contributed by atoms with E-state index >= 15 is 0 Å². The monoisotopic (exact) mass is 387 g/mol. The molecule has 1 fully saturated rings. The zero-order valence-corrected chi connectivity index (χ0v) is 15.9. The summed E-state index contributed by atoms with van der Waals surface area (Å²) in [5.41, 5.74) is 11.0. The SMILES string of the molecule is Nc1ncc(-c2cccc(CN3CCOCC3)c2)nc1-c1nc2ccccc2o1. The lowest BCUT2D eigenvalue weighted by atomic mass is 10.1. The van der Waals surface area contributed by atoms with E-state index in [0.29, 0.717) is 23.0 Å². The maximum Gasteiger partial charge on any atom is 0.250 e. The molecule has 0 bridgehead atoms. The molecular formula is C22H21N5O2. The number of para-hydroxylation sites is 2. The van der Waals surface area contributed by atoms with Crippen LogP contribution in [-0.4, -0.2) is 46.2 Å². The van der Waals surface area contributed by atoms with Crippen LogP contribution in [-0.2, 0) is 11.3 Å². The lowest BCUT2D eigenvalue weighted by Crippen LogP contribution is -2.35. The van der Waals surface area contributed by atoms with E-state index in [0.717, 1.165) is 49.6 Å². The van der Waals surface area contributed by atoms with Gasteiger partial charge >= 0.3 is 0 Å². The Morgan fingerprint density at radius 1 is 1.00 bits per heavy atom. The van der Waals surface area contributed by atoms with Gasteiger partial charge in [0.15, 0.2) is 17.1 Å². The first-order chi connectivity index (χ1) is 14.3. The van der Waals surface area contributed by atoms with E-state index in [1.54, 1.807) is 6.20 Å². The summed E-state index contributed by atoms with van der Waals surface area (Å²) in [6.07, 6.45) is 1.69. The fourth-order valence-electron chi connectivity index (χ4n) is 3.51. The van der Waals surface area contributed by atoms with Gasteiger partial charge in [-0.15, -0.1) is 0 Å². The average Bonchev–Trinajstić information content (AvgIpc) is 3.19. The average molecular weight is 387 g/mol. The highest BCUT2D eigenvalue weighted by Gasteiger charge is 2.16. The number of anilines is 1. The zero-order valence-electron chi connectivity index (χ0n) is 15.9. The topological polar surface area (TPSA) is 90.3 Å². The minimum Gasteiger partial charge on any atom is -0.435 e. The molecule has 0 unspecified atom stereocenters. The van der Waals surface area contributed by atoms with Crippen LogP contribution in [0.5, 0.6) is 0 Å². The summed E-state index contributed by atoms with van der Waals surface area (Å²) in [7, 11) is 0. The summed E-state index contributed by atoms with van der Waals surface area (Å²) < 4.78 is 11.3. The molecule has 0 aliphatic carbocycles. The fourth-order valence-corrected chi connectivity index (χ4v) is 3.51. The molecule has 0 amide bonds. The summed E-state index contributed by atoms with van der Waals surface area (Å²) in [4.78, 5) is 16.0. The number of nitrogen functional groups attached to an aromatic ring is 1. The molecule has 7 heteroatoms. The summed E-state index contributed by atoms with van der Waals surface area (Å²) in [6, 6.07) is 15.9. The van der Waals surface area contributed by atoms with E-state index in [9.17, 15) is 0 Å². The van der Waals surface area contributed by atoms with Gasteiger partial charge in [0.2, 0.25) is 5.89 Å². The number of hydrogen-bond donors (Lipinski definition) is 1. The Morgan fingerprint density at radius 2 is 1.86 bits per heavy atom. The standard InChI is InChI=1S/C22H21N5O2/c23-21-20(22-26-17-6-1-2-7-19(17)29-22)25-18(13-24-21)16-5-3-4-15(12-16)14-27-8-10-28-11-9-27/h1-7,12-13H,8-11,14H2,(H2,23,24). The third kappa shape index (κ3) is 3.70. The van der Waals surface area contributed by atoms with Crippen LogP contribution in [0.2, 0.25) is 0 Å². The van der Waals surface area contributed by atoms with Crippen LogP contribution in [0.1, 0.15) is 5.56 Å². The summed E-state index contributed by atoms with van der Waals surface area (Å²) in [5, 5.41) is 0. The van der Waals surface area contributed by atoms with Gasteiger partial charge in [0.05, 0.1) is 25.1 Å². The number of benzene rings is 2. The Balaban J connectivity index is 1.47. The van der Waals surface area contributed by atoms with Crippen molar-refractivity contribution in [1.82, 2.24) is 19.9 Å². The largest absolute Gasteiger partial charge is 0.435 e. The minimum absolute atomic E-state index is 0.296. The Labute approximate surface area is 168 Å². The molecule has 5 rings (SSSR count). The molecule has 7 nitrogen and oxygen atoms in total. The second-order valence-electron chi connectivity index (χ2n) is 7.06. The van der Waals surface area contributed by atoms with E-state index in [-0.39, 0.29) is 0 Å². The van der Waals surface area contributed by atoms with Crippen molar-refractivity contribution in [2.75, 3.05) is 32.0 Å². The van der Waals surface area contributed by atoms with Crippen molar-refractivity contribution in [3.63, 3.8) is 0 Å². The molecule has 2 aromatic heterocycles.